The molecule has 2 amide bonds. The standard InChI is InChI=1S/C29H29N3O5/c1-3-4-17-36-24-15-14-23(18-26(24)35-2)29(34)32-31-28(33)22-12-10-20(11-13-22)19-37-25-9-5-7-21-8-6-16-30-27(21)25/h5-16,18H,3-4,17,19H2,1-2H3,(H,31,33)(H,32,34). The van der Waals surface area contributed by atoms with Gasteiger partial charge < -0.3 is 14.2 Å². The van der Waals surface area contributed by atoms with Crippen molar-refractivity contribution in [2.75, 3.05) is 13.7 Å². The number of nitrogens with one attached hydrogen (secondary N) is 2. The van der Waals surface area contributed by atoms with Crippen molar-refractivity contribution in [3.05, 3.63) is 95.7 Å². The van der Waals surface area contributed by atoms with E-state index >= 15 is 0 Å². The molecular weight excluding hydrogens is 470 g/mol. The monoisotopic (exact) mass is 499 g/mol. The summed E-state index contributed by atoms with van der Waals surface area (Å²) < 4.78 is 17.0. The molecule has 0 unspecified atom stereocenters. The molecule has 8 heteroatoms. The summed E-state index contributed by atoms with van der Waals surface area (Å²) in [5.41, 5.74) is 7.29. The van der Waals surface area contributed by atoms with Crippen LogP contribution in [0, 0.1) is 0 Å². The molecular formula is C29H29N3O5. The van der Waals surface area contributed by atoms with Crippen LogP contribution in [0.1, 0.15) is 46.0 Å². The Hall–Kier alpha value is -4.59. The van der Waals surface area contributed by atoms with Crippen molar-refractivity contribution in [1.29, 1.82) is 0 Å². The number of rotatable bonds is 10. The molecule has 0 saturated heterocycles. The Bertz CT molecular complexity index is 1370. The van der Waals surface area contributed by atoms with E-state index in [0.717, 1.165) is 29.3 Å². The number of ether oxygens (including phenoxy) is 3. The van der Waals surface area contributed by atoms with E-state index in [-0.39, 0.29) is 0 Å². The lowest BCUT2D eigenvalue weighted by molar-refractivity contribution is 0.0846. The fourth-order valence-corrected chi connectivity index (χ4v) is 3.62. The summed E-state index contributed by atoms with van der Waals surface area (Å²) in [5, 5.41) is 1.00. The number of hydrazine groups is 1. The van der Waals surface area contributed by atoms with Crippen molar-refractivity contribution in [2.45, 2.75) is 26.4 Å². The molecule has 1 heterocycles. The zero-order chi connectivity index (χ0) is 26.0. The molecule has 0 saturated carbocycles. The topological polar surface area (TPSA) is 98.8 Å². The van der Waals surface area contributed by atoms with Crippen LogP contribution in [0.15, 0.2) is 79.0 Å². The van der Waals surface area contributed by atoms with Crippen LogP contribution in [0.4, 0.5) is 0 Å². The van der Waals surface area contributed by atoms with Crippen LogP contribution in [0.3, 0.4) is 0 Å². The average molecular weight is 500 g/mol. The lowest BCUT2D eigenvalue weighted by Crippen LogP contribution is -2.41. The van der Waals surface area contributed by atoms with Crippen LogP contribution in [-0.4, -0.2) is 30.5 Å². The van der Waals surface area contributed by atoms with Gasteiger partial charge in [-0.05, 0) is 54.4 Å². The van der Waals surface area contributed by atoms with Gasteiger partial charge in [0.25, 0.3) is 11.8 Å². The molecule has 0 fully saturated rings. The lowest BCUT2D eigenvalue weighted by atomic mass is 10.1. The number of carbonyl (C=O) groups excluding carboxylic acids is 2. The Balaban J connectivity index is 1.31. The predicted molar refractivity (Wildman–Crippen MR) is 141 cm³/mol. The summed E-state index contributed by atoms with van der Waals surface area (Å²) in [6.07, 6.45) is 3.67. The third-order valence-corrected chi connectivity index (χ3v) is 5.68. The molecule has 190 valence electrons. The van der Waals surface area contributed by atoms with Gasteiger partial charge in [0.1, 0.15) is 17.9 Å². The first kappa shape index (κ1) is 25.5. The molecule has 8 nitrogen and oxygen atoms in total. The summed E-state index contributed by atoms with van der Waals surface area (Å²) in [7, 11) is 1.51. The molecule has 0 radical (unpaired) electrons. The second-order valence-electron chi connectivity index (χ2n) is 8.29. The maximum absolute atomic E-state index is 12.5. The van der Waals surface area contributed by atoms with E-state index in [0.29, 0.717) is 41.6 Å². The van der Waals surface area contributed by atoms with Crippen molar-refractivity contribution < 1.29 is 23.8 Å². The molecule has 4 aromatic rings. The van der Waals surface area contributed by atoms with Crippen LogP contribution < -0.4 is 25.1 Å². The number of hydrogen-bond acceptors (Lipinski definition) is 6. The van der Waals surface area contributed by atoms with Crippen LogP contribution in [-0.2, 0) is 6.61 Å². The van der Waals surface area contributed by atoms with Crippen LogP contribution >= 0.6 is 0 Å². The van der Waals surface area contributed by atoms with Gasteiger partial charge in [0.15, 0.2) is 11.5 Å². The average Bonchev–Trinajstić information content (AvgIpc) is 2.95. The number of benzene rings is 3. The fraction of sp³-hybridized carbons (Fsp3) is 0.207. The minimum Gasteiger partial charge on any atom is -0.493 e. The fourth-order valence-electron chi connectivity index (χ4n) is 3.62. The van der Waals surface area contributed by atoms with Gasteiger partial charge in [0.2, 0.25) is 0 Å². The normalized spacial score (nSPS) is 10.5. The highest BCUT2D eigenvalue weighted by atomic mass is 16.5. The highest BCUT2D eigenvalue weighted by Crippen LogP contribution is 2.28. The molecule has 0 spiro atoms. The second-order valence-corrected chi connectivity index (χ2v) is 8.29. The van der Waals surface area contributed by atoms with Gasteiger partial charge in [-0.2, -0.15) is 0 Å². The summed E-state index contributed by atoms with van der Waals surface area (Å²) in [6, 6.07) is 21.5. The van der Waals surface area contributed by atoms with E-state index in [1.165, 1.54) is 7.11 Å². The third kappa shape index (κ3) is 6.55. The van der Waals surface area contributed by atoms with Crippen LogP contribution in [0.5, 0.6) is 17.2 Å². The van der Waals surface area contributed by atoms with Crippen molar-refractivity contribution in [2.24, 2.45) is 0 Å². The first-order chi connectivity index (χ1) is 18.1. The number of nitrogens with zero attached hydrogens (tertiary/aromatic N) is 1. The number of carbonyl (C=O) groups is 2. The minimum absolute atomic E-state index is 0.328. The number of amides is 2. The van der Waals surface area contributed by atoms with Gasteiger partial charge in [-0.3, -0.25) is 25.4 Å². The number of pyridine rings is 1. The molecule has 2 N–H and O–H groups in total. The number of aromatic nitrogens is 1. The van der Waals surface area contributed by atoms with Crippen LogP contribution in [0.2, 0.25) is 0 Å². The van der Waals surface area contributed by atoms with Gasteiger partial charge >= 0.3 is 0 Å². The zero-order valence-corrected chi connectivity index (χ0v) is 20.8. The van der Waals surface area contributed by atoms with Crippen molar-refractivity contribution in [3.63, 3.8) is 0 Å². The van der Waals surface area contributed by atoms with E-state index in [2.05, 4.69) is 22.8 Å². The van der Waals surface area contributed by atoms with E-state index in [4.69, 9.17) is 14.2 Å². The zero-order valence-electron chi connectivity index (χ0n) is 20.8. The quantitative estimate of drug-likeness (QED) is 0.233. The highest BCUT2D eigenvalue weighted by Gasteiger charge is 2.13. The molecule has 1 aromatic heterocycles. The smallest absolute Gasteiger partial charge is 0.269 e. The summed E-state index contributed by atoms with van der Waals surface area (Å²) >= 11 is 0. The number of hydrogen-bond donors (Lipinski definition) is 2. The summed E-state index contributed by atoms with van der Waals surface area (Å²) in [6.45, 7) is 2.98. The van der Waals surface area contributed by atoms with Gasteiger partial charge in [0.05, 0.1) is 13.7 Å². The molecule has 37 heavy (non-hydrogen) atoms. The predicted octanol–water partition coefficient (Wildman–Crippen LogP) is 5.08. The molecule has 0 aliphatic rings. The highest BCUT2D eigenvalue weighted by molar-refractivity contribution is 5.99. The van der Waals surface area contributed by atoms with Crippen molar-refractivity contribution in [3.8, 4) is 17.2 Å². The Labute approximate surface area is 215 Å². The maximum atomic E-state index is 12.5. The second kappa shape index (κ2) is 12.4. The number of methoxy groups -OCH3 is 1. The number of unbranched alkanes of at least 4 members (excludes halogenated alkanes) is 1. The Morgan fingerprint density at radius 1 is 0.811 bits per heavy atom. The molecule has 0 bridgehead atoms. The van der Waals surface area contributed by atoms with Crippen LogP contribution in [0.25, 0.3) is 10.9 Å². The Morgan fingerprint density at radius 2 is 1.54 bits per heavy atom. The van der Waals surface area contributed by atoms with E-state index < -0.39 is 11.8 Å². The molecule has 0 atom stereocenters. The van der Waals surface area contributed by atoms with E-state index in [1.54, 1.807) is 48.7 Å². The largest absolute Gasteiger partial charge is 0.493 e. The maximum Gasteiger partial charge on any atom is 0.269 e. The Kier molecular flexibility index (Phi) is 8.54. The lowest BCUT2D eigenvalue weighted by Gasteiger charge is -2.12. The molecule has 0 aliphatic carbocycles. The number of fused-ring (bicyclic) bond motifs is 1. The minimum atomic E-state index is -0.472. The van der Waals surface area contributed by atoms with Crippen molar-refractivity contribution in [1.82, 2.24) is 15.8 Å². The first-order valence-corrected chi connectivity index (χ1v) is 12.1. The van der Waals surface area contributed by atoms with E-state index in [1.807, 2.05) is 30.3 Å². The van der Waals surface area contributed by atoms with Gasteiger partial charge in [-0.15, -0.1) is 0 Å². The summed E-state index contributed by atoms with van der Waals surface area (Å²) in [5.74, 6) is 0.801. The van der Waals surface area contributed by atoms with E-state index in [9.17, 15) is 9.59 Å². The van der Waals surface area contributed by atoms with Gasteiger partial charge in [-0.25, -0.2) is 0 Å². The number of para-hydroxylation sites is 1. The Morgan fingerprint density at radius 3 is 2.30 bits per heavy atom. The van der Waals surface area contributed by atoms with Crippen molar-refractivity contribution >= 4 is 22.7 Å². The molecule has 4 rings (SSSR count). The van der Waals surface area contributed by atoms with Gasteiger partial charge in [-0.1, -0.05) is 43.7 Å². The third-order valence-electron chi connectivity index (χ3n) is 5.68. The molecule has 3 aromatic carbocycles. The van der Waals surface area contributed by atoms with Gasteiger partial charge in [0, 0.05) is 22.7 Å². The first-order valence-electron chi connectivity index (χ1n) is 12.1. The molecule has 0 aliphatic heterocycles. The SMILES string of the molecule is CCCCOc1ccc(C(=O)NNC(=O)c2ccc(COc3cccc4cccnc34)cc2)cc1OC. The summed E-state index contributed by atoms with van der Waals surface area (Å²) in [4.78, 5) is 29.5.